The molecule has 0 aromatic carbocycles. The van der Waals surface area contributed by atoms with Gasteiger partial charge in [0, 0.05) is 52.0 Å². The molecule has 11 heteroatoms. The first-order chi connectivity index (χ1) is 16.7. The predicted molar refractivity (Wildman–Crippen MR) is 134 cm³/mol. The lowest BCUT2D eigenvalue weighted by atomic mass is 10.1. The molecular weight excluding hydrogens is 475 g/mol. The molecular formula is C25H40F3N5O3. The summed E-state index contributed by atoms with van der Waals surface area (Å²) < 4.78 is 44.9. The van der Waals surface area contributed by atoms with E-state index in [9.17, 15) is 22.8 Å². The molecule has 1 atom stereocenters. The average Bonchev–Trinajstić information content (AvgIpc) is 2.79. The van der Waals surface area contributed by atoms with Gasteiger partial charge in [-0.2, -0.15) is 13.2 Å². The zero-order valence-electron chi connectivity index (χ0n) is 22.5. The van der Waals surface area contributed by atoms with Crippen LogP contribution in [0.3, 0.4) is 0 Å². The largest absolute Gasteiger partial charge is 0.444 e. The van der Waals surface area contributed by atoms with Gasteiger partial charge in [0.05, 0.1) is 5.57 Å². The van der Waals surface area contributed by atoms with Gasteiger partial charge < -0.3 is 19.4 Å². The normalized spacial score (nSPS) is 21.7. The topological polar surface area (TPSA) is 68.7 Å². The van der Waals surface area contributed by atoms with E-state index < -0.39 is 29.5 Å². The Bertz CT molecular complexity index is 884. The second-order valence-corrected chi connectivity index (χ2v) is 10.2. The van der Waals surface area contributed by atoms with Gasteiger partial charge in [-0.15, -0.1) is 0 Å². The number of hydrogen-bond donors (Lipinski definition) is 0. The van der Waals surface area contributed by atoms with E-state index in [1.807, 2.05) is 30.7 Å². The number of likely N-dealkylation sites (N-methyl/N-ethyl adjacent to an activating group) is 1. The van der Waals surface area contributed by atoms with Gasteiger partial charge in [0.15, 0.2) is 0 Å². The summed E-state index contributed by atoms with van der Waals surface area (Å²) in [5.41, 5.74) is -0.537. The number of carbonyl (C=O) groups is 2. The van der Waals surface area contributed by atoms with Crippen molar-refractivity contribution in [2.45, 2.75) is 65.8 Å². The molecule has 2 aliphatic rings. The van der Waals surface area contributed by atoms with Crippen molar-refractivity contribution in [3.05, 3.63) is 23.0 Å². The van der Waals surface area contributed by atoms with Crippen LogP contribution in [0.5, 0.6) is 0 Å². The molecule has 2 fully saturated rings. The van der Waals surface area contributed by atoms with Crippen LogP contribution < -0.4 is 0 Å². The summed E-state index contributed by atoms with van der Waals surface area (Å²) in [6.45, 7) is 13.6. The minimum absolute atomic E-state index is 0.0695. The van der Waals surface area contributed by atoms with Gasteiger partial charge in [0.1, 0.15) is 17.5 Å². The number of nitrogens with zero attached hydrogens (tertiary/aromatic N) is 5. The fraction of sp³-hybridized carbons (Fsp3) is 0.720. The zero-order chi connectivity index (χ0) is 27.3. The number of allylic oxidation sites excluding steroid dienone is 3. The van der Waals surface area contributed by atoms with Crippen LogP contribution in [-0.4, -0.2) is 108 Å². The Kier molecular flexibility index (Phi) is 9.99. The number of piperazine rings is 2. The van der Waals surface area contributed by atoms with E-state index in [2.05, 4.69) is 4.99 Å². The molecule has 0 N–H and O–H groups in total. The van der Waals surface area contributed by atoms with Crippen LogP contribution in [0.4, 0.5) is 18.0 Å². The Labute approximate surface area is 212 Å². The number of amides is 2. The van der Waals surface area contributed by atoms with Crippen molar-refractivity contribution in [2.24, 2.45) is 4.99 Å². The molecule has 0 bridgehead atoms. The van der Waals surface area contributed by atoms with Crippen LogP contribution in [0, 0.1) is 0 Å². The number of alkyl halides is 3. The highest BCUT2D eigenvalue weighted by molar-refractivity contribution is 5.83. The van der Waals surface area contributed by atoms with Gasteiger partial charge in [-0.3, -0.25) is 9.69 Å². The lowest BCUT2D eigenvalue weighted by molar-refractivity contribution is -0.140. The number of ether oxygens (including phenoxy) is 1. The average molecular weight is 516 g/mol. The molecule has 204 valence electrons. The summed E-state index contributed by atoms with van der Waals surface area (Å²) in [7, 11) is 1.87. The monoisotopic (exact) mass is 515 g/mol. The quantitative estimate of drug-likeness (QED) is 0.520. The highest BCUT2D eigenvalue weighted by Gasteiger charge is 2.37. The molecule has 2 aliphatic heterocycles. The molecule has 2 rings (SSSR count). The van der Waals surface area contributed by atoms with Gasteiger partial charge in [-0.05, 0) is 53.7 Å². The lowest BCUT2D eigenvalue weighted by Crippen LogP contribution is -2.61. The van der Waals surface area contributed by atoms with E-state index >= 15 is 0 Å². The molecule has 0 saturated carbocycles. The SMILES string of the molecule is C\C=C(/C=N\C(=C(/C)CC)N1CCN(C(=O)C2CN(C(=O)OC(C)(C)C)CCN2C)CC1)C(F)(F)F. The predicted octanol–water partition coefficient (Wildman–Crippen LogP) is 3.90. The second-order valence-electron chi connectivity index (χ2n) is 10.2. The first kappa shape index (κ1) is 29.7. The van der Waals surface area contributed by atoms with E-state index in [1.165, 1.54) is 6.92 Å². The third-order valence-corrected chi connectivity index (χ3v) is 6.35. The third-order valence-electron chi connectivity index (χ3n) is 6.35. The molecule has 0 aromatic heterocycles. The summed E-state index contributed by atoms with van der Waals surface area (Å²) in [6, 6.07) is -0.479. The molecule has 0 spiro atoms. The minimum Gasteiger partial charge on any atom is -0.444 e. The third kappa shape index (κ3) is 7.97. The maximum atomic E-state index is 13.4. The molecule has 0 aliphatic carbocycles. The fourth-order valence-electron chi connectivity index (χ4n) is 4.04. The Morgan fingerprint density at radius 2 is 1.56 bits per heavy atom. The zero-order valence-corrected chi connectivity index (χ0v) is 22.5. The van der Waals surface area contributed by atoms with Crippen molar-refractivity contribution in [3.63, 3.8) is 0 Å². The van der Waals surface area contributed by atoms with Crippen LogP contribution in [0.25, 0.3) is 0 Å². The Morgan fingerprint density at radius 1 is 1.00 bits per heavy atom. The van der Waals surface area contributed by atoms with Crippen LogP contribution >= 0.6 is 0 Å². The molecule has 1 unspecified atom stereocenters. The van der Waals surface area contributed by atoms with Crippen LogP contribution in [0.15, 0.2) is 28.0 Å². The number of carbonyl (C=O) groups excluding carboxylic acids is 2. The van der Waals surface area contributed by atoms with Gasteiger partial charge in [0.2, 0.25) is 5.91 Å². The van der Waals surface area contributed by atoms with Crippen LogP contribution in [0.1, 0.15) is 48.0 Å². The number of aliphatic imine (C=N–C) groups is 1. The van der Waals surface area contributed by atoms with Crippen molar-refractivity contribution in [2.75, 3.05) is 52.9 Å². The van der Waals surface area contributed by atoms with Gasteiger partial charge in [0.25, 0.3) is 0 Å². The fourth-order valence-corrected chi connectivity index (χ4v) is 4.04. The van der Waals surface area contributed by atoms with Gasteiger partial charge in [-0.25, -0.2) is 9.79 Å². The van der Waals surface area contributed by atoms with Gasteiger partial charge >= 0.3 is 12.3 Å². The van der Waals surface area contributed by atoms with Crippen molar-refractivity contribution < 1.29 is 27.5 Å². The molecule has 0 aromatic rings. The van der Waals surface area contributed by atoms with Crippen molar-refractivity contribution in [3.8, 4) is 0 Å². The Hall–Kier alpha value is -2.56. The molecule has 2 amide bonds. The summed E-state index contributed by atoms with van der Waals surface area (Å²) in [5, 5.41) is 0. The maximum absolute atomic E-state index is 13.4. The van der Waals surface area contributed by atoms with Gasteiger partial charge in [-0.1, -0.05) is 13.0 Å². The van der Waals surface area contributed by atoms with E-state index in [4.69, 9.17) is 4.74 Å². The molecule has 2 heterocycles. The molecule has 36 heavy (non-hydrogen) atoms. The summed E-state index contributed by atoms with van der Waals surface area (Å²) >= 11 is 0. The first-order valence-corrected chi connectivity index (χ1v) is 12.4. The highest BCUT2D eigenvalue weighted by atomic mass is 19.4. The van der Waals surface area contributed by atoms with Crippen LogP contribution in [-0.2, 0) is 9.53 Å². The van der Waals surface area contributed by atoms with E-state index in [-0.39, 0.29) is 12.5 Å². The van der Waals surface area contributed by atoms with Crippen LogP contribution in [0.2, 0.25) is 0 Å². The van der Waals surface area contributed by atoms with E-state index in [1.54, 1.807) is 30.6 Å². The summed E-state index contributed by atoms with van der Waals surface area (Å²) in [4.78, 5) is 37.3. The molecule has 0 radical (unpaired) electrons. The summed E-state index contributed by atoms with van der Waals surface area (Å²) in [6.07, 6.45) is -2.38. The lowest BCUT2D eigenvalue weighted by Gasteiger charge is -2.43. The van der Waals surface area contributed by atoms with E-state index in [0.29, 0.717) is 51.5 Å². The molecule has 2 saturated heterocycles. The highest BCUT2D eigenvalue weighted by Crippen LogP contribution is 2.25. The first-order valence-electron chi connectivity index (χ1n) is 12.4. The Morgan fingerprint density at radius 3 is 2.06 bits per heavy atom. The molecule has 8 nitrogen and oxygen atoms in total. The minimum atomic E-state index is -4.46. The van der Waals surface area contributed by atoms with Crippen molar-refractivity contribution in [1.82, 2.24) is 19.6 Å². The standard InChI is InChI=1S/C25H40F3N5O3/c1-8-18(3)21(29-16-19(9-2)25(26,27)28)31-12-14-32(15-13-31)22(34)20-17-33(11-10-30(20)7)23(35)36-24(4,5)6/h9,16,20H,8,10-15,17H2,1-7H3/b19-9+,21-18-,29-16-. The summed E-state index contributed by atoms with van der Waals surface area (Å²) in [5.74, 6) is 0.444. The number of rotatable bonds is 5. The Balaban J connectivity index is 2.07. The van der Waals surface area contributed by atoms with E-state index in [0.717, 1.165) is 17.9 Å². The van der Waals surface area contributed by atoms with Crippen molar-refractivity contribution >= 4 is 18.2 Å². The number of hydrogen-bond acceptors (Lipinski definition) is 6. The maximum Gasteiger partial charge on any atom is 0.417 e. The van der Waals surface area contributed by atoms with Crippen molar-refractivity contribution in [1.29, 1.82) is 0 Å². The second kappa shape index (κ2) is 12.1. The smallest absolute Gasteiger partial charge is 0.417 e. The number of halogens is 3.